The van der Waals surface area contributed by atoms with Crippen LogP contribution < -0.4 is 25.4 Å². The normalized spacial score (nSPS) is 20.6. The van der Waals surface area contributed by atoms with Crippen LogP contribution in [0, 0.1) is 6.92 Å². The predicted octanol–water partition coefficient (Wildman–Crippen LogP) is 5.17. The molecule has 1 spiro atoms. The van der Waals surface area contributed by atoms with E-state index in [9.17, 15) is 9.59 Å². The van der Waals surface area contributed by atoms with Crippen LogP contribution in [-0.2, 0) is 22.6 Å². The number of nitrogens with zero attached hydrogens (tertiary/aromatic N) is 4. The van der Waals surface area contributed by atoms with Gasteiger partial charge in [0, 0.05) is 73.4 Å². The molecule has 0 saturated carbocycles. The summed E-state index contributed by atoms with van der Waals surface area (Å²) in [5, 5.41) is 10.4. The summed E-state index contributed by atoms with van der Waals surface area (Å²) in [6, 6.07) is 14.7. The molecule has 2 aromatic carbocycles. The fourth-order valence-corrected chi connectivity index (χ4v) is 8.63. The largest absolute Gasteiger partial charge is 0.481 e. The third kappa shape index (κ3) is 6.32. The molecular formula is C39H42ClN7O4. The topological polar surface area (TPSA) is 131 Å². The number of halogens is 1. The minimum Gasteiger partial charge on any atom is -0.481 e. The molecule has 1 aliphatic carbocycles. The maximum Gasteiger partial charge on any atom is 0.237 e. The molecule has 2 amide bonds. The first kappa shape index (κ1) is 33.6. The molecule has 3 aliphatic heterocycles. The number of ether oxygens (including phenoxy) is 2. The lowest BCUT2D eigenvalue weighted by Gasteiger charge is -2.47. The van der Waals surface area contributed by atoms with E-state index in [0.717, 1.165) is 90.1 Å². The first-order valence-corrected chi connectivity index (χ1v) is 18.0. The molecule has 2 atom stereocenters. The second-order valence-electron chi connectivity index (χ2n) is 14.2. The van der Waals surface area contributed by atoms with Gasteiger partial charge in [0.15, 0.2) is 0 Å². The highest BCUT2D eigenvalue weighted by Crippen LogP contribution is 2.43. The van der Waals surface area contributed by atoms with Crippen molar-refractivity contribution >= 4 is 23.4 Å². The Hall–Kier alpha value is -4.58. The molecule has 0 unspecified atom stereocenters. The summed E-state index contributed by atoms with van der Waals surface area (Å²) >= 11 is 7.19. The molecule has 5 heterocycles. The van der Waals surface area contributed by atoms with Gasteiger partial charge in [0.2, 0.25) is 23.6 Å². The highest BCUT2D eigenvalue weighted by Gasteiger charge is 2.47. The SMILES string of the molecule is COc1nc(-c2cccc(-c3cccc(-c4cc5c(c(OC)n4)[C@@H](NC[C@@H]4CCC(=O)N4)CC5)c3C)c2Cl)cnc1CN1CC2(CCC(=O)N2)C1. The molecule has 0 bridgehead atoms. The number of aromatic nitrogens is 3. The van der Waals surface area contributed by atoms with Crippen LogP contribution in [-0.4, -0.2) is 77.1 Å². The summed E-state index contributed by atoms with van der Waals surface area (Å²) in [4.78, 5) is 40.3. The van der Waals surface area contributed by atoms with Crippen LogP contribution in [0.4, 0.5) is 0 Å². The monoisotopic (exact) mass is 707 g/mol. The zero-order valence-electron chi connectivity index (χ0n) is 29.1. The van der Waals surface area contributed by atoms with Crippen molar-refractivity contribution in [3.8, 4) is 45.4 Å². The lowest BCUT2D eigenvalue weighted by atomic mass is 9.88. The van der Waals surface area contributed by atoms with E-state index in [1.54, 1.807) is 20.4 Å². The average Bonchev–Trinajstić information content (AvgIpc) is 3.85. The fraction of sp³-hybridized carbons (Fsp3) is 0.410. The van der Waals surface area contributed by atoms with Gasteiger partial charge in [-0.3, -0.25) is 19.5 Å². The average molecular weight is 708 g/mol. The number of pyridine rings is 1. The highest BCUT2D eigenvalue weighted by atomic mass is 35.5. The molecule has 4 aliphatic rings. The Kier molecular flexibility index (Phi) is 8.90. The van der Waals surface area contributed by atoms with Crippen molar-refractivity contribution in [1.29, 1.82) is 0 Å². The van der Waals surface area contributed by atoms with Crippen LogP contribution in [0.5, 0.6) is 11.8 Å². The number of likely N-dealkylation sites (tertiary alicyclic amines) is 1. The number of amides is 2. The van der Waals surface area contributed by atoms with Gasteiger partial charge in [-0.05, 0) is 55.4 Å². The summed E-state index contributed by atoms with van der Waals surface area (Å²) in [7, 11) is 3.28. The van der Waals surface area contributed by atoms with Gasteiger partial charge in [-0.25, -0.2) is 9.97 Å². The maximum atomic E-state index is 11.8. The number of methoxy groups -OCH3 is 2. The molecule has 0 radical (unpaired) electrons. The molecule has 2 aromatic heterocycles. The Morgan fingerprint density at radius 3 is 2.39 bits per heavy atom. The van der Waals surface area contributed by atoms with Crippen molar-refractivity contribution in [2.45, 2.75) is 69.6 Å². The zero-order chi connectivity index (χ0) is 35.3. The minimum atomic E-state index is -0.0962. The first-order valence-electron chi connectivity index (χ1n) is 17.7. The quantitative estimate of drug-likeness (QED) is 0.204. The number of carbonyl (C=O) groups is 2. The first-order chi connectivity index (χ1) is 24.7. The van der Waals surface area contributed by atoms with E-state index in [-0.39, 0.29) is 29.4 Å². The Morgan fingerprint density at radius 1 is 0.922 bits per heavy atom. The van der Waals surface area contributed by atoms with Gasteiger partial charge in [0.1, 0.15) is 5.69 Å². The number of fused-ring (bicyclic) bond motifs is 1. The van der Waals surface area contributed by atoms with Crippen LogP contribution in [0.25, 0.3) is 33.6 Å². The van der Waals surface area contributed by atoms with Gasteiger partial charge >= 0.3 is 0 Å². The summed E-state index contributed by atoms with van der Waals surface area (Å²) in [5.41, 5.74) is 9.19. The minimum absolute atomic E-state index is 0.0962. The molecular weight excluding hydrogens is 666 g/mol. The lowest BCUT2D eigenvalue weighted by Crippen LogP contribution is -2.66. The van der Waals surface area contributed by atoms with E-state index in [4.69, 9.17) is 36.0 Å². The molecule has 51 heavy (non-hydrogen) atoms. The zero-order valence-corrected chi connectivity index (χ0v) is 29.9. The van der Waals surface area contributed by atoms with Gasteiger partial charge in [0.05, 0.1) is 42.4 Å². The summed E-state index contributed by atoms with van der Waals surface area (Å²) < 4.78 is 11.6. The van der Waals surface area contributed by atoms with Crippen molar-refractivity contribution < 1.29 is 19.1 Å². The van der Waals surface area contributed by atoms with Crippen LogP contribution in [0.3, 0.4) is 0 Å². The van der Waals surface area contributed by atoms with Crippen molar-refractivity contribution in [1.82, 2.24) is 35.8 Å². The Balaban J connectivity index is 1.04. The van der Waals surface area contributed by atoms with E-state index in [2.05, 4.69) is 46.0 Å². The third-order valence-electron chi connectivity index (χ3n) is 10.9. The van der Waals surface area contributed by atoms with E-state index in [0.29, 0.717) is 41.9 Å². The molecule has 8 rings (SSSR count). The van der Waals surface area contributed by atoms with E-state index in [1.165, 1.54) is 5.56 Å². The predicted molar refractivity (Wildman–Crippen MR) is 195 cm³/mol. The molecule has 11 nitrogen and oxygen atoms in total. The van der Waals surface area contributed by atoms with Crippen LogP contribution in [0.2, 0.25) is 5.02 Å². The number of hydrogen-bond donors (Lipinski definition) is 3. The Bertz CT molecular complexity index is 2030. The standard InChI is InChI=1S/C39H42ClN7O4/c1-22-25(6-4-7-26(22)30-16-23-10-12-29(35(23)38(44-30)51-3)41-17-24-11-13-33(48)43-24)27-8-5-9-28(36(27)40)31-18-42-32(37(45-31)50-2)19-47-20-39(21-47)15-14-34(49)46-39/h4-9,16,18,24,29,41H,10-15,17,19-21H2,1-3H3,(H,43,48)(H,46,49)/t24-,29-/m0/s1. The van der Waals surface area contributed by atoms with Gasteiger partial charge in [-0.2, -0.15) is 0 Å². The number of rotatable bonds is 10. The summed E-state index contributed by atoms with van der Waals surface area (Å²) in [6.45, 7) is 5.01. The third-order valence-corrected chi connectivity index (χ3v) is 11.3. The number of aryl methyl sites for hydroxylation is 1. The van der Waals surface area contributed by atoms with Gasteiger partial charge < -0.3 is 25.4 Å². The van der Waals surface area contributed by atoms with Crippen LogP contribution >= 0.6 is 11.6 Å². The van der Waals surface area contributed by atoms with E-state index >= 15 is 0 Å². The smallest absolute Gasteiger partial charge is 0.237 e. The highest BCUT2D eigenvalue weighted by molar-refractivity contribution is 6.36. The number of benzene rings is 2. The fourth-order valence-electron chi connectivity index (χ4n) is 8.30. The van der Waals surface area contributed by atoms with Crippen LogP contribution in [0.15, 0.2) is 48.7 Å². The maximum absolute atomic E-state index is 11.8. The number of carbonyl (C=O) groups excluding carboxylic acids is 2. The van der Waals surface area contributed by atoms with Crippen molar-refractivity contribution in [2.24, 2.45) is 0 Å². The van der Waals surface area contributed by atoms with Gasteiger partial charge in [-0.1, -0.05) is 48.0 Å². The summed E-state index contributed by atoms with van der Waals surface area (Å²) in [6.07, 6.45) is 6.55. The molecule has 12 heteroatoms. The second kappa shape index (κ2) is 13.5. The van der Waals surface area contributed by atoms with Gasteiger partial charge in [0.25, 0.3) is 0 Å². The summed E-state index contributed by atoms with van der Waals surface area (Å²) in [5.74, 6) is 1.35. The second-order valence-corrected chi connectivity index (χ2v) is 14.6. The Labute approximate surface area is 302 Å². The van der Waals surface area contributed by atoms with Crippen LogP contribution in [0.1, 0.15) is 60.5 Å². The lowest BCUT2D eigenvalue weighted by molar-refractivity contribution is -0.121. The van der Waals surface area contributed by atoms with Crippen molar-refractivity contribution in [3.63, 3.8) is 0 Å². The van der Waals surface area contributed by atoms with E-state index in [1.807, 2.05) is 24.3 Å². The molecule has 3 fully saturated rings. The molecule has 264 valence electrons. The van der Waals surface area contributed by atoms with Crippen molar-refractivity contribution in [2.75, 3.05) is 33.9 Å². The number of nitrogens with one attached hydrogen (secondary N) is 3. The molecule has 4 aromatic rings. The Morgan fingerprint density at radius 2 is 1.67 bits per heavy atom. The molecule has 3 saturated heterocycles. The van der Waals surface area contributed by atoms with Crippen molar-refractivity contribution in [3.05, 3.63) is 76.1 Å². The molecule has 3 N–H and O–H groups in total. The van der Waals surface area contributed by atoms with Gasteiger partial charge in [-0.15, -0.1) is 0 Å². The number of hydrogen-bond acceptors (Lipinski definition) is 9. The van der Waals surface area contributed by atoms with E-state index < -0.39 is 0 Å².